The molecule has 0 spiro atoms. The molecule has 0 saturated carbocycles. The number of hydrogen-bond acceptors (Lipinski definition) is 6. The monoisotopic (exact) mass is 446 g/mol. The summed E-state index contributed by atoms with van der Waals surface area (Å²) < 4.78 is 6.46. The molecule has 0 aliphatic carbocycles. The number of amides is 3. The highest BCUT2D eigenvalue weighted by molar-refractivity contribution is 6.21. The van der Waals surface area contributed by atoms with Crippen LogP contribution in [0.2, 0.25) is 0 Å². The van der Waals surface area contributed by atoms with Crippen molar-refractivity contribution in [1.82, 2.24) is 14.7 Å². The van der Waals surface area contributed by atoms with E-state index in [0.717, 1.165) is 10.5 Å². The fraction of sp³-hybridized carbons (Fsp3) is 0.208. The third kappa shape index (κ3) is 4.52. The topological polar surface area (TPSA) is 111 Å². The quantitative estimate of drug-likeness (QED) is 0.441. The lowest BCUT2D eigenvalue weighted by atomic mass is 10.1. The predicted octanol–water partition coefficient (Wildman–Crippen LogP) is 2.98. The fourth-order valence-electron chi connectivity index (χ4n) is 3.52. The molecule has 3 aromatic rings. The number of carbonyl (C=O) groups excluding carboxylic acids is 4. The van der Waals surface area contributed by atoms with Gasteiger partial charge in [0.2, 0.25) is 5.91 Å². The van der Waals surface area contributed by atoms with Crippen LogP contribution in [-0.4, -0.2) is 51.5 Å². The predicted molar refractivity (Wildman–Crippen MR) is 119 cm³/mol. The molecule has 1 aliphatic heterocycles. The Balaban J connectivity index is 1.34. The number of ether oxygens (including phenoxy) is 1. The molecule has 1 N–H and O–H groups in total. The highest BCUT2D eigenvalue weighted by Gasteiger charge is 2.35. The van der Waals surface area contributed by atoms with Gasteiger partial charge in [0.1, 0.15) is 0 Å². The van der Waals surface area contributed by atoms with Gasteiger partial charge >= 0.3 is 5.97 Å². The van der Waals surface area contributed by atoms with Gasteiger partial charge in [-0.25, -0.2) is 9.48 Å². The Morgan fingerprint density at radius 3 is 2.45 bits per heavy atom. The zero-order valence-corrected chi connectivity index (χ0v) is 18.2. The van der Waals surface area contributed by atoms with E-state index in [1.165, 1.54) is 4.68 Å². The standard InChI is InChI=1S/C24H22N4O5/c1-3-33-24(32)20-10-13-28(26-20)17-7-5-16(6-8-17)25-21(29)11-12-27-22(30)18-9-4-15(2)14-19(18)23(27)31/h4-10,13-14H,3,11-12H2,1-2H3,(H,25,29). The zero-order valence-electron chi connectivity index (χ0n) is 18.2. The Labute approximate surface area is 190 Å². The average Bonchev–Trinajstić information content (AvgIpc) is 3.37. The highest BCUT2D eigenvalue weighted by atomic mass is 16.5. The normalized spacial score (nSPS) is 12.6. The summed E-state index contributed by atoms with van der Waals surface area (Å²) in [5, 5.41) is 6.94. The molecule has 168 valence electrons. The minimum atomic E-state index is -0.492. The summed E-state index contributed by atoms with van der Waals surface area (Å²) in [5.41, 5.74) is 3.10. The van der Waals surface area contributed by atoms with Crippen molar-refractivity contribution in [2.45, 2.75) is 20.3 Å². The van der Waals surface area contributed by atoms with E-state index in [0.29, 0.717) is 22.5 Å². The summed E-state index contributed by atoms with van der Waals surface area (Å²) in [7, 11) is 0. The molecule has 0 fully saturated rings. The molecule has 33 heavy (non-hydrogen) atoms. The number of aromatic nitrogens is 2. The molecule has 1 aliphatic rings. The van der Waals surface area contributed by atoms with Crippen molar-refractivity contribution in [2.24, 2.45) is 0 Å². The number of esters is 1. The molecule has 0 bridgehead atoms. The second kappa shape index (κ2) is 9.07. The van der Waals surface area contributed by atoms with E-state index in [1.807, 2.05) is 6.92 Å². The first-order chi connectivity index (χ1) is 15.9. The lowest BCUT2D eigenvalue weighted by molar-refractivity contribution is -0.116. The summed E-state index contributed by atoms with van der Waals surface area (Å²) in [6, 6.07) is 13.6. The molecular formula is C24H22N4O5. The van der Waals surface area contributed by atoms with Gasteiger partial charge in [0, 0.05) is 24.8 Å². The number of carbonyl (C=O) groups is 4. The third-order valence-electron chi connectivity index (χ3n) is 5.18. The van der Waals surface area contributed by atoms with Gasteiger partial charge in [-0.2, -0.15) is 5.10 Å². The smallest absolute Gasteiger partial charge is 0.358 e. The second-order valence-electron chi connectivity index (χ2n) is 7.52. The number of benzene rings is 2. The number of imide groups is 1. The molecular weight excluding hydrogens is 424 g/mol. The van der Waals surface area contributed by atoms with Crippen molar-refractivity contribution in [3.63, 3.8) is 0 Å². The van der Waals surface area contributed by atoms with Gasteiger partial charge in [-0.1, -0.05) is 11.6 Å². The molecule has 9 nitrogen and oxygen atoms in total. The number of nitrogens with one attached hydrogen (secondary N) is 1. The van der Waals surface area contributed by atoms with E-state index in [1.54, 1.807) is 61.7 Å². The molecule has 0 radical (unpaired) electrons. The van der Waals surface area contributed by atoms with Crippen molar-refractivity contribution in [2.75, 3.05) is 18.5 Å². The molecule has 1 aromatic heterocycles. The first-order valence-electron chi connectivity index (χ1n) is 10.5. The maximum atomic E-state index is 12.5. The Kier molecular flexibility index (Phi) is 6.03. The number of hydrogen-bond donors (Lipinski definition) is 1. The highest BCUT2D eigenvalue weighted by Crippen LogP contribution is 2.24. The van der Waals surface area contributed by atoms with Crippen molar-refractivity contribution in [1.29, 1.82) is 0 Å². The molecule has 9 heteroatoms. The van der Waals surface area contributed by atoms with Crippen LogP contribution in [0.4, 0.5) is 5.69 Å². The number of rotatable bonds is 7. The van der Waals surface area contributed by atoms with Gasteiger partial charge in [-0.15, -0.1) is 0 Å². The van der Waals surface area contributed by atoms with Gasteiger partial charge in [-0.05, 0) is 56.3 Å². The van der Waals surface area contributed by atoms with Gasteiger partial charge < -0.3 is 10.1 Å². The molecule has 3 amide bonds. The van der Waals surface area contributed by atoms with Crippen LogP contribution >= 0.6 is 0 Å². The summed E-state index contributed by atoms with van der Waals surface area (Å²) >= 11 is 0. The first kappa shape index (κ1) is 21.9. The number of anilines is 1. The first-order valence-corrected chi connectivity index (χ1v) is 10.5. The van der Waals surface area contributed by atoms with Crippen LogP contribution in [0.15, 0.2) is 54.7 Å². The van der Waals surface area contributed by atoms with E-state index < -0.39 is 5.97 Å². The summed E-state index contributed by atoms with van der Waals surface area (Å²) in [6.45, 7) is 3.85. The van der Waals surface area contributed by atoms with Crippen LogP contribution in [0.25, 0.3) is 5.69 Å². The van der Waals surface area contributed by atoms with Crippen LogP contribution in [0.3, 0.4) is 0 Å². The Morgan fingerprint density at radius 1 is 1.00 bits per heavy atom. The van der Waals surface area contributed by atoms with E-state index in [4.69, 9.17) is 4.74 Å². The molecule has 0 saturated heterocycles. The van der Waals surface area contributed by atoms with Crippen LogP contribution in [0.1, 0.15) is 50.1 Å². The van der Waals surface area contributed by atoms with Crippen LogP contribution < -0.4 is 5.32 Å². The maximum Gasteiger partial charge on any atom is 0.358 e. The molecule has 0 unspecified atom stereocenters. The summed E-state index contributed by atoms with van der Waals surface area (Å²) in [5.74, 6) is -1.57. The van der Waals surface area contributed by atoms with Crippen LogP contribution in [0, 0.1) is 6.92 Å². The van der Waals surface area contributed by atoms with Gasteiger partial charge in [-0.3, -0.25) is 19.3 Å². The Bertz CT molecular complexity index is 1250. The largest absolute Gasteiger partial charge is 0.461 e. The van der Waals surface area contributed by atoms with Gasteiger partial charge in [0.05, 0.1) is 23.4 Å². The fourth-order valence-corrected chi connectivity index (χ4v) is 3.52. The molecule has 4 rings (SSSR count). The maximum absolute atomic E-state index is 12.5. The summed E-state index contributed by atoms with van der Waals surface area (Å²) in [4.78, 5) is 50.2. The van der Waals surface area contributed by atoms with Crippen LogP contribution in [0.5, 0.6) is 0 Å². The minimum absolute atomic E-state index is 0.000759. The SMILES string of the molecule is CCOC(=O)c1ccn(-c2ccc(NC(=O)CCN3C(=O)c4ccc(C)cc4C3=O)cc2)n1. The van der Waals surface area contributed by atoms with E-state index in [2.05, 4.69) is 10.4 Å². The molecule has 2 heterocycles. The number of aryl methyl sites for hydroxylation is 1. The number of fused-ring (bicyclic) bond motifs is 1. The third-order valence-corrected chi connectivity index (χ3v) is 5.18. The van der Waals surface area contributed by atoms with Crippen molar-refractivity contribution in [3.8, 4) is 5.69 Å². The number of nitrogens with zero attached hydrogens (tertiary/aromatic N) is 3. The molecule has 2 aromatic carbocycles. The Morgan fingerprint density at radius 2 is 1.73 bits per heavy atom. The van der Waals surface area contributed by atoms with E-state index in [-0.39, 0.29) is 43.0 Å². The van der Waals surface area contributed by atoms with Crippen molar-refractivity contribution < 1.29 is 23.9 Å². The van der Waals surface area contributed by atoms with E-state index in [9.17, 15) is 19.2 Å². The lowest BCUT2D eigenvalue weighted by Crippen LogP contribution is -2.32. The van der Waals surface area contributed by atoms with Crippen molar-refractivity contribution in [3.05, 3.63) is 77.1 Å². The summed E-state index contributed by atoms with van der Waals surface area (Å²) in [6.07, 6.45) is 1.62. The lowest BCUT2D eigenvalue weighted by Gasteiger charge is -2.13. The van der Waals surface area contributed by atoms with Gasteiger partial charge in [0.15, 0.2) is 5.69 Å². The van der Waals surface area contributed by atoms with Crippen LogP contribution in [-0.2, 0) is 9.53 Å². The Hall–Kier alpha value is -4.27. The van der Waals surface area contributed by atoms with E-state index >= 15 is 0 Å². The zero-order chi connectivity index (χ0) is 23.5. The van der Waals surface area contributed by atoms with Gasteiger partial charge in [0.25, 0.3) is 11.8 Å². The average molecular weight is 446 g/mol. The molecule has 0 atom stereocenters. The minimum Gasteiger partial charge on any atom is -0.461 e. The second-order valence-corrected chi connectivity index (χ2v) is 7.52. The van der Waals surface area contributed by atoms with Crippen molar-refractivity contribution >= 4 is 29.4 Å².